The number of carbonyl (C=O) groups is 2. The summed E-state index contributed by atoms with van der Waals surface area (Å²) in [6.45, 7) is 4.68. The monoisotopic (exact) mass is 442 g/mol. The van der Waals surface area contributed by atoms with Crippen LogP contribution in [0.2, 0.25) is 0 Å². The maximum Gasteiger partial charge on any atom is 0.309 e. The third kappa shape index (κ3) is 5.16. The van der Waals surface area contributed by atoms with E-state index >= 15 is 0 Å². The molecule has 1 aromatic rings. The minimum atomic E-state index is -3.62. The number of nitrogens with zero attached hydrogens (tertiary/aromatic N) is 2. The van der Waals surface area contributed by atoms with Gasteiger partial charge in [-0.15, -0.1) is 0 Å². The predicted octanol–water partition coefficient (Wildman–Crippen LogP) is 1.90. The number of amides is 1. The van der Waals surface area contributed by atoms with Crippen LogP contribution in [0.3, 0.4) is 0 Å². The molecule has 1 aliphatic heterocycles. The van der Waals surface area contributed by atoms with E-state index in [1.807, 2.05) is 0 Å². The van der Waals surface area contributed by atoms with E-state index in [0.717, 1.165) is 10.6 Å². The number of hydrogen-bond acceptors (Lipinski definition) is 7. The normalized spacial score (nSPS) is 14.9. The molecule has 1 aromatic carbocycles. The van der Waals surface area contributed by atoms with Crippen LogP contribution >= 0.6 is 0 Å². The molecule has 1 fully saturated rings. The number of anilines is 1. The average Bonchev–Trinajstić information content (AvgIpc) is 2.72. The first-order valence-electron chi connectivity index (χ1n) is 9.87. The molecule has 2 rings (SSSR count). The zero-order valence-corrected chi connectivity index (χ0v) is 19.0. The van der Waals surface area contributed by atoms with Crippen molar-refractivity contribution in [2.45, 2.75) is 26.7 Å². The Bertz CT molecular complexity index is 877. The molecule has 0 atom stereocenters. The topological polar surface area (TPSA) is 102 Å². The molecule has 30 heavy (non-hydrogen) atoms. The fourth-order valence-corrected chi connectivity index (χ4v) is 4.56. The van der Waals surface area contributed by atoms with Crippen molar-refractivity contribution < 1.29 is 32.2 Å². The van der Waals surface area contributed by atoms with Crippen molar-refractivity contribution in [2.75, 3.05) is 51.0 Å². The van der Waals surface area contributed by atoms with Crippen LogP contribution in [-0.2, 0) is 19.6 Å². The maximum atomic E-state index is 13.3. The summed E-state index contributed by atoms with van der Waals surface area (Å²) >= 11 is 0. The fraction of sp³-hybridized carbons (Fsp3) is 0.600. The summed E-state index contributed by atoms with van der Waals surface area (Å²) in [4.78, 5) is 26.9. The smallest absolute Gasteiger partial charge is 0.309 e. The van der Waals surface area contributed by atoms with Crippen LogP contribution in [0.5, 0.6) is 11.5 Å². The van der Waals surface area contributed by atoms with Gasteiger partial charge in [0.15, 0.2) is 11.5 Å². The average molecular weight is 443 g/mol. The van der Waals surface area contributed by atoms with Crippen LogP contribution in [0.15, 0.2) is 12.1 Å². The Hall–Kier alpha value is -2.49. The van der Waals surface area contributed by atoms with E-state index in [2.05, 4.69) is 0 Å². The number of likely N-dealkylation sites (tertiary alicyclic amines) is 1. The van der Waals surface area contributed by atoms with Gasteiger partial charge in [-0.1, -0.05) is 0 Å². The number of methoxy groups -OCH3 is 2. The summed E-state index contributed by atoms with van der Waals surface area (Å²) in [6.07, 6.45) is 2.08. The fourth-order valence-electron chi connectivity index (χ4n) is 3.58. The Labute approximate surface area is 177 Å². The van der Waals surface area contributed by atoms with Crippen LogP contribution in [-0.4, -0.2) is 71.9 Å². The van der Waals surface area contributed by atoms with Crippen LogP contribution in [0.25, 0.3) is 0 Å². The molecule has 0 spiro atoms. The Morgan fingerprint density at radius 2 is 1.67 bits per heavy atom. The second-order valence-corrected chi connectivity index (χ2v) is 8.88. The lowest BCUT2D eigenvalue weighted by Gasteiger charge is -2.32. The molecule has 1 saturated heterocycles. The molecule has 0 aromatic heterocycles. The highest BCUT2D eigenvalue weighted by molar-refractivity contribution is 7.92. The molecule has 0 aliphatic carbocycles. The molecule has 0 unspecified atom stereocenters. The largest absolute Gasteiger partial charge is 0.493 e. The highest BCUT2D eigenvalue weighted by Crippen LogP contribution is 2.37. The lowest BCUT2D eigenvalue weighted by molar-refractivity contribution is -0.149. The summed E-state index contributed by atoms with van der Waals surface area (Å²) in [5, 5.41) is 0. The van der Waals surface area contributed by atoms with E-state index in [1.165, 1.54) is 26.4 Å². The molecule has 1 aliphatic rings. The van der Waals surface area contributed by atoms with Gasteiger partial charge in [-0.2, -0.15) is 0 Å². The van der Waals surface area contributed by atoms with E-state index < -0.39 is 10.0 Å². The molecule has 0 N–H and O–H groups in total. The number of ether oxygens (including phenoxy) is 3. The standard InChI is InChI=1S/C20H30N2O7S/c1-6-22(30(5,25)26)16-13-18(28-4)17(27-3)12-15(16)19(23)21-10-8-14(9-11-21)20(24)29-7-2/h12-14H,6-11H2,1-5H3. The van der Waals surface area contributed by atoms with Crippen LogP contribution in [0.4, 0.5) is 5.69 Å². The summed E-state index contributed by atoms with van der Waals surface area (Å²) in [5.74, 6) is -0.147. The van der Waals surface area contributed by atoms with E-state index in [-0.39, 0.29) is 35.6 Å². The number of hydrogen-bond donors (Lipinski definition) is 0. The van der Waals surface area contributed by atoms with Crippen molar-refractivity contribution in [3.05, 3.63) is 17.7 Å². The van der Waals surface area contributed by atoms with Crippen molar-refractivity contribution in [1.29, 1.82) is 0 Å². The SMILES string of the molecule is CCOC(=O)C1CCN(C(=O)c2cc(OC)c(OC)cc2N(CC)S(C)(=O)=O)CC1. The van der Waals surface area contributed by atoms with Crippen molar-refractivity contribution in [2.24, 2.45) is 5.92 Å². The van der Waals surface area contributed by atoms with Crippen LogP contribution in [0, 0.1) is 5.92 Å². The Balaban J connectivity index is 2.39. The molecular formula is C20H30N2O7S. The summed E-state index contributed by atoms with van der Waals surface area (Å²) in [7, 11) is -0.727. The molecule has 168 valence electrons. The molecule has 9 nitrogen and oxygen atoms in total. The highest BCUT2D eigenvalue weighted by Gasteiger charge is 2.32. The molecule has 0 saturated carbocycles. The van der Waals surface area contributed by atoms with Crippen molar-refractivity contribution >= 4 is 27.6 Å². The zero-order valence-electron chi connectivity index (χ0n) is 18.1. The summed E-state index contributed by atoms with van der Waals surface area (Å²) in [6, 6.07) is 3.00. The van der Waals surface area contributed by atoms with Crippen LogP contribution in [0.1, 0.15) is 37.0 Å². The quantitative estimate of drug-likeness (QED) is 0.567. The number of benzene rings is 1. The minimum absolute atomic E-state index is 0.152. The van der Waals surface area contributed by atoms with Gasteiger partial charge in [0.1, 0.15) is 0 Å². The third-order valence-corrected chi connectivity index (χ3v) is 6.35. The van der Waals surface area contributed by atoms with Crippen molar-refractivity contribution in [3.63, 3.8) is 0 Å². The molecule has 10 heteroatoms. The molecular weight excluding hydrogens is 412 g/mol. The minimum Gasteiger partial charge on any atom is -0.493 e. The van der Waals surface area contributed by atoms with E-state index in [9.17, 15) is 18.0 Å². The highest BCUT2D eigenvalue weighted by atomic mass is 32.2. The molecule has 1 heterocycles. The van der Waals surface area contributed by atoms with Gasteiger partial charge in [0.2, 0.25) is 10.0 Å². The Morgan fingerprint density at radius 1 is 1.10 bits per heavy atom. The lowest BCUT2D eigenvalue weighted by atomic mass is 9.96. The summed E-state index contributed by atoms with van der Waals surface area (Å²) < 4.78 is 41.5. The van der Waals surface area contributed by atoms with E-state index in [4.69, 9.17) is 14.2 Å². The Morgan fingerprint density at radius 3 is 2.13 bits per heavy atom. The van der Waals surface area contributed by atoms with Gasteiger partial charge >= 0.3 is 5.97 Å². The van der Waals surface area contributed by atoms with Gasteiger partial charge in [-0.05, 0) is 32.8 Å². The summed E-state index contributed by atoms with van der Waals surface area (Å²) in [5.41, 5.74) is 0.435. The zero-order chi connectivity index (χ0) is 22.5. The maximum absolute atomic E-state index is 13.3. The first-order chi connectivity index (χ1) is 14.2. The number of rotatable bonds is 8. The first kappa shape index (κ1) is 23.8. The second kappa shape index (κ2) is 10.0. The van der Waals surface area contributed by atoms with Gasteiger partial charge in [-0.25, -0.2) is 8.42 Å². The van der Waals surface area contributed by atoms with Gasteiger partial charge in [0, 0.05) is 25.7 Å². The van der Waals surface area contributed by atoms with E-state index in [1.54, 1.807) is 18.7 Å². The predicted molar refractivity (Wildman–Crippen MR) is 113 cm³/mol. The van der Waals surface area contributed by atoms with Gasteiger partial charge in [0.05, 0.1) is 44.3 Å². The first-order valence-corrected chi connectivity index (χ1v) is 11.7. The lowest BCUT2D eigenvalue weighted by Crippen LogP contribution is -2.41. The van der Waals surface area contributed by atoms with E-state index in [0.29, 0.717) is 44.0 Å². The number of esters is 1. The molecule has 0 bridgehead atoms. The van der Waals surface area contributed by atoms with Crippen molar-refractivity contribution in [3.8, 4) is 11.5 Å². The Kier molecular flexibility index (Phi) is 7.94. The number of sulfonamides is 1. The van der Waals surface area contributed by atoms with Gasteiger partial charge < -0.3 is 19.1 Å². The third-order valence-electron chi connectivity index (χ3n) is 5.09. The number of piperidine rings is 1. The number of carbonyl (C=O) groups excluding carboxylic acids is 2. The second-order valence-electron chi connectivity index (χ2n) is 6.97. The van der Waals surface area contributed by atoms with Gasteiger partial charge in [0.25, 0.3) is 5.91 Å². The van der Waals surface area contributed by atoms with Crippen molar-refractivity contribution in [1.82, 2.24) is 4.90 Å². The molecule has 0 radical (unpaired) electrons. The van der Waals surface area contributed by atoms with Gasteiger partial charge in [-0.3, -0.25) is 13.9 Å². The van der Waals surface area contributed by atoms with Crippen LogP contribution < -0.4 is 13.8 Å². The molecule has 1 amide bonds.